The van der Waals surface area contributed by atoms with Crippen molar-refractivity contribution in [2.24, 2.45) is 0 Å². The van der Waals surface area contributed by atoms with Gasteiger partial charge in [-0.1, -0.05) is 17.7 Å². The molecule has 0 saturated carbocycles. The Bertz CT molecular complexity index is 1160. The van der Waals surface area contributed by atoms with E-state index in [1.807, 2.05) is 0 Å². The van der Waals surface area contributed by atoms with E-state index in [1.165, 1.54) is 12.1 Å². The molecule has 1 aromatic heterocycles. The number of carbonyl (C=O) groups excluding carboxylic acids is 2. The van der Waals surface area contributed by atoms with Crippen LogP contribution in [0.25, 0.3) is 17.4 Å². The maximum absolute atomic E-state index is 12.6. The molecule has 3 aromatic rings. The maximum Gasteiger partial charge on any atom is 0.333 e. The normalized spacial score (nSPS) is 15.0. The van der Waals surface area contributed by atoms with Crippen LogP contribution in [-0.2, 0) is 4.79 Å². The lowest BCUT2D eigenvalue weighted by Gasteiger charge is -2.11. The molecule has 136 valence electrons. The van der Waals surface area contributed by atoms with Gasteiger partial charge in [0.15, 0.2) is 0 Å². The molecule has 0 radical (unpaired) electrons. The summed E-state index contributed by atoms with van der Waals surface area (Å²) in [4.78, 5) is 25.9. The zero-order valence-corrected chi connectivity index (χ0v) is 15.1. The molecule has 6 nitrogen and oxygen atoms in total. The minimum absolute atomic E-state index is 0.103. The van der Waals surface area contributed by atoms with E-state index in [1.54, 1.807) is 54.6 Å². The van der Waals surface area contributed by atoms with E-state index >= 15 is 0 Å². The summed E-state index contributed by atoms with van der Waals surface area (Å²) in [6, 6.07) is 18.4. The Morgan fingerprint density at radius 2 is 1.86 bits per heavy atom. The van der Waals surface area contributed by atoms with Gasteiger partial charge in [-0.15, -0.1) is 0 Å². The van der Waals surface area contributed by atoms with Gasteiger partial charge in [0.05, 0.1) is 17.3 Å². The highest BCUT2D eigenvalue weighted by molar-refractivity contribution is 6.32. The molecule has 3 amide bonds. The molecule has 7 heteroatoms. The van der Waals surface area contributed by atoms with Gasteiger partial charge in [0.25, 0.3) is 5.91 Å². The van der Waals surface area contributed by atoms with E-state index in [9.17, 15) is 9.59 Å². The number of anilines is 1. The number of nitriles is 1. The summed E-state index contributed by atoms with van der Waals surface area (Å²) in [5, 5.41) is 11.8. The van der Waals surface area contributed by atoms with Crippen molar-refractivity contribution in [2.75, 3.05) is 4.90 Å². The predicted octanol–water partition coefficient (Wildman–Crippen LogP) is 4.57. The number of rotatable bonds is 3. The average molecular weight is 390 g/mol. The highest BCUT2D eigenvalue weighted by Gasteiger charge is 2.35. The predicted molar refractivity (Wildman–Crippen MR) is 104 cm³/mol. The molecule has 2 heterocycles. The Morgan fingerprint density at radius 3 is 2.57 bits per heavy atom. The lowest BCUT2D eigenvalue weighted by molar-refractivity contribution is -0.113. The summed E-state index contributed by atoms with van der Waals surface area (Å²) in [6.07, 6.45) is 1.47. The molecule has 0 spiro atoms. The third-order valence-electron chi connectivity index (χ3n) is 4.16. The van der Waals surface area contributed by atoms with Crippen molar-refractivity contribution < 1.29 is 14.0 Å². The molecule has 1 N–H and O–H groups in total. The van der Waals surface area contributed by atoms with Crippen LogP contribution in [0.2, 0.25) is 5.02 Å². The maximum atomic E-state index is 12.6. The molecule has 28 heavy (non-hydrogen) atoms. The Labute approximate surface area is 165 Å². The summed E-state index contributed by atoms with van der Waals surface area (Å²) >= 11 is 5.95. The number of nitrogens with one attached hydrogen (secondary N) is 1. The molecule has 4 rings (SSSR count). The van der Waals surface area contributed by atoms with E-state index < -0.39 is 11.9 Å². The molecule has 2 aromatic carbocycles. The fourth-order valence-corrected chi connectivity index (χ4v) is 3.01. The van der Waals surface area contributed by atoms with Crippen LogP contribution in [0.15, 0.2) is 70.8 Å². The quantitative estimate of drug-likeness (QED) is 0.525. The summed E-state index contributed by atoms with van der Waals surface area (Å²) in [5.74, 6) is 0.499. The molecule has 1 saturated heterocycles. The average Bonchev–Trinajstić information content (AvgIpc) is 3.26. The van der Waals surface area contributed by atoms with Gasteiger partial charge in [-0.05, 0) is 54.6 Å². The van der Waals surface area contributed by atoms with Crippen LogP contribution in [-0.4, -0.2) is 11.9 Å². The second kappa shape index (κ2) is 7.06. The number of imide groups is 1. The Balaban J connectivity index is 1.60. The SMILES string of the molecule is N#Cc1ccc(-c2ccc(/C=C3/NC(=O)N(c4cccc(Cl)c4)C3=O)o2)cc1. The second-order valence-corrected chi connectivity index (χ2v) is 6.44. The van der Waals surface area contributed by atoms with Gasteiger partial charge in [-0.2, -0.15) is 5.26 Å². The van der Waals surface area contributed by atoms with Crippen molar-refractivity contribution >= 4 is 35.3 Å². The first-order valence-electron chi connectivity index (χ1n) is 8.28. The summed E-state index contributed by atoms with van der Waals surface area (Å²) in [5.41, 5.74) is 1.84. The smallest absolute Gasteiger partial charge is 0.333 e. The lowest BCUT2D eigenvalue weighted by atomic mass is 10.1. The molecule has 1 fully saturated rings. The third kappa shape index (κ3) is 3.27. The Kier molecular flexibility index (Phi) is 4.44. The van der Waals surface area contributed by atoms with Crippen LogP contribution in [0.4, 0.5) is 10.5 Å². The zero-order valence-electron chi connectivity index (χ0n) is 14.3. The molecule has 0 aliphatic carbocycles. The van der Waals surface area contributed by atoms with Crippen molar-refractivity contribution in [3.63, 3.8) is 0 Å². The van der Waals surface area contributed by atoms with Crippen LogP contribution >= 0.6 is 11.6 Å². The zero-order chi connectivity index (χ0) is 19.7. The van der Waals surface area contributed by atoms with Crippen molar-refractivity contribution in [3.8, 4) is 17.4 Å². The molecular formula is C21H12ClN3O3. The van der Waals surface area contributed by atoms with Crippen LogP contribution < -0.4 is 10.2 Å². The molecule has 1 aliphatic rings. The number of nitrogens with zero attached hydrogens (tertiary/aromatic N) is 2. The fraction of sp³-hybridized carbons (Fsp3) is 0. The first kappa shape index (κ1) is 17.6. The Hall–Kier alpha value is -3.82. The summed E-state index contributed by atoms with van der Waals surface area (Å²) in [7, 11) is 0. The number of halogens is 1. The van der Waals surface area contributed by atoms with E-state index in [0.29, 0.717) is 27.8 Å². The van der Waals surface area contributed by atoms with Crippen molar-refractivity contribution in [1.82, 2.24) is 5.32 Å². The minimum Gasteiger partial charge on any atom is -0.457 e. The number of amides is 3. The van der Waals surface area contributed by atoms with Gasteiger partial charge in [0, 0.05) is 16.7 Å². The van der Waals surface area contributed by atoms with Crippen molar-refractivity contribution in [1.29, 1.82) is 5.26 Å². The van der Waals surface area contributed by atoms with Gasteiger partial charge < -0.3 is 9.73 Å². The Morgan fingerprint density at radius 1 is 1.07 bits per heavy atom. The van der Waals surface area contributed by atoms with Gasteiger partial charge >= 0.3 is 6.03 Å². The topological polar surface area (TPSA) is 86.3 Å². The van der Waals surface area contributed by atoms with Gasteiger partial charge in [-0.3, -0.25) is 4.79 Å². The summed E-state index contributed by atoms with van der Waals surface area (Å²) < 4.78 is 5.75. The van der Waals surface area contributed by atoms with Crippen molar-refractivity contribution in [2.45, 2.75) is 0 Å². The molecule has 0 atom stereocenters. The van der Waals surface area contributed by atoms with Gasteiger partial charge in [0.2, 0.25) is 0 Å². The van der Waals surface area contributed by atoms with Crippen molar-refractivity contribution in [3.05, 3.63) is 82.7 Å². The molecule has 1 aliphatic heterocycles. The summed E-state index contributed by atoms with van der Waals surface area (Å²) in [6.45, 7) is 0. The van der Waals surface area contributed by atoms with Crippen LogP contribution in [0.3, 0.4) is 0 Å². The van der Waals surface area contributed by atoms with Crippen LogP contribution in [0.1, 0.15) is 11.3 Å². The number of carbonyl (C=O) groups is 2. The number of furan rings is 1. The first-order valence-corrected chi connectivity index (χ1v) is 8.66. The molecular weight excluding hydrogens is 378 g/mol. The van der Waals surface area contributed by atoms with Crippen LogP contribution in [0, 0.1) is 11.3 Å². The van der Waals surface area contributed by atoms with Gasteiger partial charge in [-0.25, -0.2) is 9.69 Å². The van der Waals surface area contributed by atoms with Crippen LogP contribution in [0.5, 0.6) is 0 Å². The number of hydrogen-bond donors (Lipinski definition) is 1. The number of urea groups is 1. The molecule has 0 bridgehead atoms. The number of benzene rings is 2. The lowest BCUT2D eigenvalue weighted by Crippen LogP contribution is -2.30. The standard InChI is InChI=1S/C21H12ClN3O3/c22-15-2-1-3-16(10-15)25-20(26)18(24-21(25)27)11-17-8-9-19(28-17)14-6-4-13(12-23)5-7-14/h1-11H,(H,24,27)/b18-11+. The highest BCUT2D eigenvalue weighted by atomic mass is 35.5. The third-order valence-corrected chi connectivity index (χ3v) is 4.39. The largest absolute Gasteiger partial charge is 0.457 e. The highest BCUT2D eigenvalue weighted by Crippen LogP contribution is 2.27. The van der Waals surface area contributed by atoms with E-state index in [2.05, 4.69) is 11.4 Å². The first-order chi connectivity index (χ1) is 13.5. The van der Waals surface area contributed by atoms with Gasteiger partial charge in [0.1, 0.15) is 17.2 Å². The monoisotopic (exact) mass is 389 g/mol. The fourth-order valence-electron chi connectivity index (χ4n) is 2.82. The molecule has 0 unspecified atom stereocenters. The second-order valence-electron chi connectivity index (χ2n) is 6.00. The van der Waals surface area contributed by atoms with E-state index in [0.717, 1.165) is 10.5 Å². The van der Waals surface area contributed by atoms with E-state index in [4.69, 9.17) is 21.3 Å². The minimum atomic E-state index is -0.558. The van der Waals surface area contributed by atoms with E-state index in [-0.39, 0.29) is 5.70 Å². The number of hydrogen-bond acceptors (Lipinski definition) is 4.